The third-order valence-corrected chi connectivity index (χ3v) is 4.30. The fourth-order valence-electron chi connectivity index (χ4n) is 2.61. The number of fused-ring (bicyclic) bond motifs is 1. The summed E-state index contributed by atoms with van der Waals surface area (Å²) in [5, 5.41) is 0. The van der Waals surface area contributed by atoms with Crippen LogP contribution < -0.4 is 10.5 Å². The second-order valence-corrected chi connectivity index (χ2v) is 5.79. The van der Waals surface area contributed by atoms with E-state index in [2.05, 4.69) is 22.0 Å². The highest BCUT2D eigenvalue weighted by molar-refractivity contribution is 9.10. The fraction of sp³-hybridized carbons (Fsp3) is 0.538. The Morgan fingerprint density at radius 2 is 2.12 bits per heavy atom. The molecule has 3 rings (SSSR count). The van der Waals surface area contributed by atoms with Gasteiger partial charge in [0.05, 0.1) is 0 Å². The normalized spacial score (nSPS) is 29.1. The predicted molar refractivity (Wildman–Crippen MR) is 67.4 cm³/mol. The monoisotopic (exact) mass is 281 g/mol. The maximum Gasteiger partial charge on any atom is 0.124 e. The van der Waals surface area contributed by atoms with Crippen molar-refractivity contribution in [2.75, 3.05) is 0 Å². The van der Waals surface area contributed by atoms with Gasteiger partial charge in [-0.15, -0.1) is 0 Å². The summed E-state index contributed by atoms with van der Waals surface area (Å²) in [7, 11) is 0. The van der Waals surface area contributed by atoms with Crippen molar-refractivity contribution in [3.63, 3.8) is 0 Å². The number of rotatable bonds is 1. The quantitative estimate of drug-likeness (QED) is 0.856. The van der Waals surface area contributed by atoms with Crippen LogP contribution >= 0.6 is 15.9 Å². The summed E-state index contributed by atoms with van der Waals surface area (Å²) in [5.74, 6) is 1.72. The van der Waals surface area contributed by atoms with Gasteiger partial charge in [0.15, 0.2) is 0 Å². The van der Waals surface area contributed by atoms with Crippen molar-refractivity contribution in [1.82, 2.24) is 0 Å². The molecule has 0 spiro atoms. The minimum Gasteiger partial charge on any atom is -0.490 e. The maximum absolute atomic E-state index is 6.22. The van der Waals surface area contributed by atoms with Gasteiger partial charge in [-0.05, 0) is 37.0 Å². The van der Waals surface area contributed by atoms with Crippen LogP contribution in [0.3, 0.4) is 0 Å². The number of hydrogen-bond donors (Lipinski definition) is 1. The molecule has 0 radical (unpaired) electrons. The SMILES string of the molecule is N[C@H]1CC(C2CCC2)Oc2ccc(Br)cc21. The zero-order valence-corrected chi connectivity index (χ0v) is 10.7. The van der Waals surface area contributed by atoms with Crippen LogP contribution in [0.2, 0.25) is 0 Å². The van der Waals surface area contributed by atoms with E-state index in [-0.39, 0.29) is 6.04 Å². The second-order valence-electron chi connectivity index (χ2n) is 4.87. The van der Waals surface area contributed by atoms with E-state index in [1.807, 2.05) is 12.1 Å². The summed E-state index contributed by atoms with van der Waals surface area (Å²) < 4.78 is 7.14. The summed E-state index contributed by atoms with van der Waals surface area (Å²) in [6, 6.07) is 6.27. The Balaban J connectivity index is 1.87. The third kappa shape index (κ3) is 1.76. The molecule has 0 saturated heterocycles. The lowest BCUT2D eigenvalue weighted by Gasteiger charge is -2.39. The van der Waals surface area contributed by atoms with Crippen molar-refractivity contribution in [2.24, 2.45) is 11.7 Å². The molecule has 0 amide bonds. The van der Waals surface area contributed by atoms with Crippen LogP contribution in [0.4, 0.5) is 0 Å². The van der Waals surface area contributed by atoms with Crippen molar-refractivity contribution < 1.29 is 4.74 Å². The third-order valence-electron chi connectivity index (χ3n) is 3.81. The number of benzene rings is 1. The molecule has 16 heavy (non-hydrogen) atoms. The van der Waals surface area contributed by atoms with E-state index in [4.69, 9.17) is 10.5 Å². The van der Waals surface area contributed by atoms with E-state index < -0.39 is 0 Å². The van der Waals surface area contributed by atoms with E-state index in [1.165, 1.54) is 19.3 Å². The Kier molecular flexibility index (Phi) is 2.68. The van der Waals surface area contributed by atoms with Crippen LogP contribution in [0.1, 0.15) is 37.3 Å². The molecule has 86 valence electrons. The molecule has 1 aromatic carbocycles. The lowest BCUT2D eigenvalue weighted by atomic mass is 9.77. The summed E-state index contributed by atoms with van der Waals surface area (Å²) in [4.78, 5) is 0. The first-order valence-electron chi connectivity index (χ1n) is 5.96. The standard InChI is InChI=1S/C13H16BrNO/c14-9-4-5-12-10(6-9)11(15)7-13(16-12)8-2-1-3-8/h4-6,8,11,13H,1-3,7,15H2/t11-,13?/m0/s1. The Morgan fingerprint density at radius 3 is 2.81 bits per heavy atom. The topological polar surface area (TPSA) is 35.2 Å². The average Bonchev–Trinajstić information content (AvgIpc) is 2.17. The molecule has 2 atom stereocenters. The molecule has 2 N–H and O–H groups in total. The molecule has 2 aliphatic rings. The van der Waals surface area contributed by atoms with E-state index in [0.717, 1.165) is 28.1 Å². The van der Waals surface area contributed by atoms with Crippen LogP contribution in [-0.2, 0) is 0 Å². The molecular weight excluding hydrogens is 266 g/mol. The smallest absolute Gasteiger partial charge is 0.124 e. The van der Waals surface area contributed by atoms with E-state index in [0.29, 0.717) is 6.10 Å². The van der Waals surface area contributed by atoms with Crippen molar-refractivity contribution in [1.29, 1.82) is 0 Å². The van der Waals surface area contributed by atoms with Gasteiger partial charge in [-0.25, -0.2) is 0 Å². The minimum atomic E-state index is 0.131. The number of halogens is 1. The molecule has 1 saturated carbocycles. The minimum absolute atomic E-state index is 0.131. The number of hydrogen-bond acceptors (Lipinski definition) is 2. The first kappa shape index (κ1) is 10.6. The Hall–Kier alpha value is -0.540. The molecule has 3 heteroatoms. The summed E-state index contributed by atoms with van der Waals surface area (Å²) in [6.45, 7) is 0. The predicted octanol–water partition coefficient (Wildman–Crippen LogP) is 3.40. The molecule has 1 aromatic rings. The maximum atomic E-state index is 6.22. The van der Waals surface area contributed by atoms with Crippen molar-refractivity contribution in [3.05, 3.63) is 28.2 Å². The molecule has 1 heterocycles. The molecule has 0 aromatic heterocycles. The fourth-order valence-corrected chi connectivity index (χ4v) is 2.98. The van der Waals surface area contributed by atoms with Gasteiger partial charge < -0.3 is 10.5 Å². The highest BCUT2D eigenvalue weighted by Gasteiger charge is 2.34. The first-order valence-corrected chi connectivity index (χ1v) is 6.75. The van der Waals surface area contributed by atoms with Gasteiger partial charge in [0.1, 0.15) is 11.9 Å². The summed E-state index contributed by atoms with van der Waals surface area (Å²) in [6.07, 6.45) is 5.28. The van der Waals surface area contributed by atoms with Gasteiger partial charge in [-0.3, -0.25) is 0 Å². The number of nitrogens with two attached hydrogens (primary N) is 1. The Morgan fingerprint density at radius 1 is 1.31 bits per heavy atom. The Labute approximate surface area is 104 Å². The molecule has 2 nitrogen and oxygen atoms in total. The van der Waals surface area contributed by atoms with Crippen LogP contribution in [0.5, 0.6) is 5.75 Å². The van der Waals surface area contributed by atoms with Crippen molar-refractivity contribution in [2.45, 2.75) is 37.8 Å². The van der Waals surface area contributed by atoms with Gasteiger partial charge in [0.2, 0.25) is 0 Å². The second kappa shape index (κ2) is 4.04. The lowest BCUT2D eigenvalue weighted by molar-refractivity contribution is 0.0579. The average molecular weight is 282 g/mol. The molecule has 1 aliphatic carbocycles. The highest BCUT2D eigenvalue weighted by atomic mass is 79.9. The Bertz CT molecular complexity index is 403. The largest absolute Gasteiger partial charge is 0.490 e. The molecule has 0 bridgehead atoms. The van der Waals surface area contributed by atoms with E-state index in [9.17, 15) is 0 Å². The van der Waals surface area contributed by atoms with E-state index >= 15 is 0 Å². The van der Waals surface area contributed by atoms with Gasteiger partial charge in [0, 0.05) is 22.5 Å². The van der Waals surface area contributed by atoms with Crippen LogP contribution in [0.15, 0.2) is 22.7 Å². The summed E-state index contributed by atoms with van der Waals surface area (Å²) >= 11 is 3.48. The molecule has 1 unspecified atom stereocenters. The molecular formula is C13H16BrNO. The van der Waals surface area contributed by atoms with Gasteiger partial charge >= 0.3 is 0 Å². The van der Waals surface area contributed by atoms with Crippen LogP contribution in [0.25, 0.3) is 0 Å². The van der Waals surface area contributed by atoms with Crippen molar-refractivity contribution in [3.8, 4) is 5.75 Å². The lowest BCUT2D eigenvalue weighted by Crippen LogP contribution is -2.38. The highest BCUT2D eigenvalue weighted by Crippen LogP contribution is 2.41. The zero-order chi connectivity index (χ0) is 11.1. The van der Waals surface area contributed by atoms with Gasteiger partial charge in [-0.1, -0.05) is 22.4 Å². The van der Waals surface area contributed by atoms with E-state index in [1.54, 1.807) is 0 Å². The zero-order valence-electron chi connectivity index (χ0n) is 9.16. The van der Waals surface area contributed by atoms with Crippen molar-refractivity contribution >= 4 is 15.9 Å². The first-order chi connectivity index (χ1) is 7.74. The number of ether oxygens (including phenoxy) is 1. The molecule has 1 fully saturated rings. The van der Waals surface area contributed by atoms with Gasteiger partial charge in [-0.2, -0.15) is 0 Å². The van der Waals surface area contributed by atoms with Crippen LogP contribution in [-0.4, -0.2) is 6.10 Å². The van der Waals surface area contributed by atoms with Crippen LogP contribution in [0, 0.1) is 5.92 Å². The van der Waals surface area contributed by atoms with Gasteiger partial charge in [0.25, 0.3) is 0 Å². The molecule has 1 aliphatic heterocycles. The summed E-state index contributed by atoms with van der Waals surface area (Å²) in [5.41, 5.74) is 7.36.